The van der Waals surface area contributed by atoms with Gasteiger partial charge < -0.3 is 9.73 Å². The van der Waals surface area contributed by atoms with Crippen LogP contribution in [0.3, 0.4) is 0 Å². The van der Waals surface area contributed by atoms with E-state index in [1.165, 1.54) is 24.0 Å². The fraction of sp³-hybridized carbons (Fsp3) is 0.375. The fourth-order valence-corrected chi connectivity index (χ4v) is 2.22. The summed E-state index contributed by atoms with van der Waals surface area (Å²) in [5.74, 6) is 2.02. The highest BCUT2D eigenvalue weighted by atomic mass is 16.3. The molecule has 1 aromatic carbocycles. The van der Waals surface area contributed by atoms with E-state index < -0.39 is 0 Å². The number of benzene rings is 1. The Labute approximate surface area is 108 Å². The third-order valence-electron chi connectivity index (χ3n) is 3.47. The number of hydrogen-bond acceptors (Lipinski definition) is 2. The molecule has 1 aliphatic rings. The molecular formula is C16H19NO. The molecular weight excluding hydrogens is 222 g/mol. The van der Waals surface area contributed by atoms with E-state index in [1.807, 2.05) is 0 Å². The Morgan fingerprint density at radius 2 is 2.00 bits per heavy atom. The molecule has 1 fully saturated rings. The molecule has 2 aromatic rings. The van der Waals surface area contributed by atoms with Gasteiger partial charge in [-0.2, -0.15) is 0 Å². The Morgan fingerprint density at radius 3 is 2.78 bits per heavy atom. The molecule has 3 rings (SSSR count). The molecule has 0 spiro atoms. The molecule has 0 amide bonds. The van der Waals surface area contributed by atoms with Crippen LogP contribution in [-0.4, -0.2) is 6.04 Å². The number of hydrogen-bond donors (Lipinski definition) is 1. The van der Waals surface area contributed by atoms with Crippen LogP contribution < -0.4 is 5.32 Å². The summed E-state index contributed by atoms with van der Waals surface area (Å²) in [4.78, 5) is 0. The zero-order valence-corrected chi connectivity index (χ0v) is 10.8. The first-order valence-electron chi connectivity index (χ1n) is 6.77. The quantitative estimate of drug-likeness (QED) is 0.862. The van der Waals surface area contributed by atoms with E-state index >= 15 is 0 Å². The molecule has 1 heterocycles. The van der Waals surface area contributed by atoms with Crippen molar-refractivity contribution >= 4 is 0 Å². The van der Waals surface area contributed by atoms with Crippen LogP contribution >= 0.6 is 0 Å². The van der Waals surface area contributed by atoms with Gasteiger partial charge in [0.25, 0.3) is 0 Å². The molecule has 0 radical (unpaired) electrons. The average Bonchev–Trinajstić information content (AvgIpc) is 3.13. The van der Waals surface area contributed by atoms with Gasteiger partial charge in [0.15, 0.2) is 0 Å². The molecule has 0 bridgehead atoms. The molecule has 0 atom stereocenters. The highest BCUT2D eigenvalue weighted by Gasteiger charge is 2.20. The van der Waals surface area contributed by atoms with Crippen LogP contribution in [0.25, 0.3) is 11.3 Å². The molecule has 1 aliphatic carbocycles. The minimum Gasteiger partial charge on any atom is -0.460 e. The molecule has 94 valence electrons. The normalized spacial score (nSPS) is 14.9. The van der Waals surface area contributed by atoms with Gasteiger partial charge in [0.2, 0.25) is 0 Å². The van der Waals surface area contributed by atoms with Gasteiger partial charge in [-0.3, -0.25) is 0 Å². The van der Waals surface area contributed by atoms with E-state index in [4.69, 9.17) is 4.42 Å². The predicted octanol–water partition coefficient (Wildman–Crippen LogP) is 3.76. The van der Waals surface area contributed by atoms with E-state index in [1.54, 1.807) is 0 Å². The van der Waals surface area contributed by atoms with Gasteiger partial charge in [0, 0.05) is 11.6 Å². The summed E-state index contributed by atoms with van der Waals surface area (Å²) in [5, 5.41) is 3.47. The van der Waals surface area contributed by atoms with Crippen LogP contribution in [0.1, 0.15) is 31.1 Å². The van der Waals surface area contributed by atoms with Crippen molar-refractivity contribution in [1.29, 1.82) is 0 Å². The van der Waals surface area contributed by atoms with Gasteiger partial charge >= 0.3 is 0 Å². The highest BCUT2D eigenvalue weighted by Crippen LogP contribution is 2.26. The van der Waals surface area contributed by atoms with Crippen molar-refractivity contribution in [1.82, 2.24) is 5.32 Å². The maximum Gasteiger partial charge on any atom is 0.134 e. The third kappa shape index (κ3) is 2.49. The Hall–Kier alpha value is -1.54. The van der Waals surface area contributed by atoms with Crippen molar-refractivity contribution in [2.45, 2.75) is 38.8 Å². The van der Waals surface area contributed by atoms with Crippen molar-refractivity contribution in [2.75, 3.05) is 0 Å². The topological polar surface area (TPSA) is 25.2 Å². The first kappa shape index (κ1) is 11.5. The monoisotopic (exact) mass is 241 g/mol. The number of aryl methyl sites for hydroxylation is 1. The van der Waals surface area contributed by atoms with Gasteiger partial charge in [-0.05, 0) is 37.0 Å². The van der Waals surface area contributed by atoms with Crippen molar-refractivity contribution < 1.29 is 4.42 Å². The molecule has 1 N–H and O–H groups in total. The van der Waals surface area contributed by atoms with Crippen molar-refractivity contribution in [3.8, 4) is 11.3 Å². The number of furan rings is 1. The molecule has 0 saturated heterocycles. The Kier molecular flexibility index (Phi) is 3.20. The SMILES string of the molecule is CCc1ccccc1-c1ccc(CNC2CC2)o1. The highest BCUT2D eigenvalue weighted by molar-refractivity contribution is 5.62. The van der Waals surface area contributed by atoms with Gasteiger partial charge in [-0.1, -0.05) is 31.2 Å². The second-order valence-corrected chi connectivity index (χ2v) is 4.93. The van der Waals surface area contributed by atoms with Crippen LogP contribution in [0.4, 0.5) is 0 Å². The zero-order valence-electron chi connectivity index (χ0n) is 10.8. The summed E-state index contributed by atoms with van der Waals surface area (Å²) in [6.45, 7) is 3.02. The summed E-state index contributed by atoms with van der Waals surface area (Å²) in [5.41, 5.74) is 2.56. The lowest BCUT2D eigenvalue weighted by Crippen LogP contribution is -2.14. The Balaban J connectivity index is 1.78. The summed E-state index contributed by atoms with van der Waals surface area (Å²) in [6.07, 6.45) is 3.66. The van der Waals surface area contributed by atoms with Crippen molar-refractivity contribution in [3.05, 3.63) is 47.7 Å². The van der Waals surface area contributed by atoms with E-state index in [-0.39, 0.29) is 0 Å². The number of nitrogens with one attached hydrogen (secondary N) is 1. The lowest BCUT2D eigenvalue weighted by molar-refractivity contribution is 0.492. The van der Waals surface area contributed by atoms with E-state index in [9.17, 15) is 0 Å². The van der Waals surface area contributed by atoms with Gasteiger partial charge in [0.1, 0.15) is 11.5 Å². The van der Waals surface area contributed by atoms with Crippen molar-refractivity contribution in [3.63, 3.8) is 0 Å². The third-order valence-corrected chi connectivity index (χ3v) is 3.47. The second kappa shape index (κ2) is 4.99. The summed E-state index contributed by atoms with van der Waals surface area (Å²) < 4.78 is 5.93. The van der Waals surface area contributed by atoms with E-state index in [0.717, 1.165) is 30.5 Å². The van der Waals surface area contributed by atoms with Crippen LogP contribution in [0.5, 0.6) is 0 Å². The maximum absolute atomic E-state index is 5.93. The van der Waals surface area contributed by atoms with Crippen LogP contribution in [0.2, 0.25) is 0 Å². The molecule has 1 saturated carbocycles. The first-order chi connectivity index (χ1) is 8.86. The summed E-state index contributed by atoms with van der Waals surface area (Å²) in [6, 6.07) is 13.3. The first-order valence-corrected chi connectivity index (χ1v) is 6.77. The number of rotatable bonds is 5. The average molecular weight is 241 g/mol. The maximum atomic E-state index is 5.93. The zero-order chi connectivity index (χ0) is 12.4. The summed E-state index contributed by atoms with van der Waals surface area (Å²) in [7, 11) is 0. The predicted molar refractivity (Wildman–Crippen MR) is 73.4 cm³/mol. The molecule has 0 aliphatic heterocycles. The van der Waals surface area contributed by atoms with Crippen LogP contribution in [0.15, 0.2) is 40.8 Å². The molecule has 0 unspecified atom stereocenters. The molecule has 2 heteroatoms. The Morgan fingerprint density at radius 1 is 1.17 bits per heavy atom. The van der Waals surface area contributed by atoms with Crippen molar-refractivity contribution in [2.24, 2.45) is 0 Å². The standard InChI is InChI=1S/C16H19NO/c1-2-12-5-3-4-6-15(12)16-10-9-14(18-16)11-17-13-7-8-13/h3-6,9-10,13,17H,2,7-8,11H2,1H3. The van der Waals surface area contributed by atoms with Gasteiger partial charge in [-0.15, -0.1) is 0 Å². The second-order valence-electron chi connectivity index (χ2n) is 4.93. The summed E-state index contributed by atoms with van der Waals surface area (Å²) >= 11 is 0. The largest absolute Gasteiger partial charge is 0.460 e. The fourth-order valence-electron chi connectivity index (χ4n) is 2.22. The lowest BCUT2D eigenvalue weighted by Gasteiger charge is -2.04. The minimum atomic E-state index is 0.724. The molecule has 18 heavy (non-hydrogen) atoms. The smallest absolute Gasteiger partial charge is 0.134 e. The van der Waals surface area contributed by atoms with Crippen LogP contribution in [-0.2, 0) is 13.0 Å². The van der Waals surface area contributed by atoms with E-state index in [0.29, 0.717) is 0 Å². The van der Waals surface area contributed by atoms with Crippen LogP contribution in [0, 0.1) is 0 Å². The Bertz CT molecular complexity index is 525. The molecule has 2 nitrogen and oxygen atoms in total. The van der Waals surface area contributed by atoms with Gasteiger partial charge in [0.05, 0.1) is 6.54 Å². The minimum absolute atomic E-state index is 0.724. The lowest BCUT2D eigenvalue weighted by atomic mass is 10.0. The van der Waals surface area contributed by atoms with Gasteiger partial charge in [-0.25, -0.2) is 0 Å². The van der Waals surface area contributed by atoms with E-state index in [2.05, 4.69) is 48.6 Å². The molecule has 1 aromatic heterocycles.